The third-order valence-corrected chi connectivity index (χ3v) is 7.13. The van der Waals surface area contributed by atoms with Gasteiger partial charge in [0.05, 0.1) is 18.3 Å². The smallest absolute Gasteiger partial charge is 0.334 e. The fourth-order valence-corrected chi connectivity index (χ4v) is 4.63. The van der Waals surface area contributed by atoms with E-state index >= 15 is 0 Å². The molecule has 0 amide bonds. The third kappa shape index (κ3) is 8.53. The lowest BCUT2D eigenvalue weighted by Crippen LogP contribution is -2.41. The molecule has 2 N–H and O–H groups in total. The van der Waals surface area contributed by atoms with Crippen molar-refractivity contribution in [3.63, 3.8) is 0 Å². The van der Waals surface area contributed by atoms with E-state index < -0.39 is 36.3 Å². The number of methoxy groups -OCH3 is 3. The van der Waals surface area contributed by atoms with Crippen molar-refractivity contribution in [3.8, 4) is 0 Å². The molecular weight excluding hydrogens is 460 g/mol. The van der Waals surface area contributed by atoms with Crippen molar-refractivity contribution in [1.29, 1.82) is 0 Å². The van der Waals surface area contributed by atoms with Gasteiger partial charge >= 0.3 is 5.97 Å². The number of carbonyl (C=O) groups excluding carboxylic acids is 1. The summed E-state index contributed by atoms with van der Waals surface area (Å²) in [4.78, 5) is 13.0. The van der Waals surface area contributed by atoms with Gasteiger partial charge in [0, 0.05) is 38.7 Å². The summed E-state index contributed by atoms with van der Waals surface area (Å²) in [6.07, 6.45) is 5.08. The number of hydrogen-bond donors (Lipinski definition) is 2. The molecule has 0 radical (unpaired) electrons. The van der Waals surface area contributed by atoms with Gasteiger partial charge in [0.15, 0.2) is 0 Å². The van der Waals surface area contributed by atoms with Crippen LogP contribution in [-0.4, -0.2) is 68.0 Å². The lowest BCUT2D eigenvalue weighted by molar-refractivity contribution is -0.145. The zero-order chi connectivity index (χ0) is 26.7. The molecule has 0 aromatic heterocycles. The summed E-state index contributed by atoms with van der Waals surface area (Å²) < 4.78 is 22.8. The molecule has 7 heteroatoms. The lowest BCUT2D eigenvalue weighted by Gasteiger charge is -2.31. The Balaban J connectivity index is 2.38. The minimum absolute atomic E-state index is 0.154. The zero-order valence-electron chi connectivity index (χ0n) is 22.5. The van der Waals surface area contributed by atoms with Gasteiger partial charge in [-0.1, -0.05) is 62.8 Å². The highest BCUT2D eigenvalue weighted by Crippen LogP contribution is 2.27. The largest absolute Gasteiger partial charge is 0.454 e. The minimum Gasteiger partial charge on any atom is -0.454 e. The number of cyclic esters (lactones) is 1. The molecule has 7 nitrogen and oxygen atoms in total. The van der Waals surface area contributed by atoms with Crippen LogP contribution in [0.25, 0.3) is 0 Å². The Morgan fingerprint density at radius 3 is 2.11 bits per heavy atom. The van der Waals surface area contributed by atoms with Crippen molar-refractivity contribution in [1.82, 2.24) is 0 Å². The van der Waals surface area contributed by atoms with E-state index in [4.69, 9.17) is 18.9 Å². The lowest BCUT2D eigenvalue weighted by atomic mass is 9.86. The summed E-state index contributed by atoms with van der Waals surface area (Å²) in [6, 6.07) is 9.70. The van der Waals surface area contributed by atoms with Crippen LogP contribution in [0.15, 0.2) is 54.1 Å². The number of benzene rings is 1. The van der Waals surface area contributed by atoms with Gasteiger partial charge < -0.3 is 29.2 Å². The highest BCUT2D eigenvalue weighted by molar-refractivity contribution is 5.88. The fraction of sp³-hybridized carbons (Fsp3) is 0.621. The zero-order valence-corrected chi connectivity index (χ0v) is 22.5. The Kier molecular flexibility index (Phi) is 12.8. The second kappa shape index (κ2) is 15.3. The van der Waals surface area contributed by atoms with Gasteiger partial charge in [-0.2, -0.15) is 0 Å². The van der Waals surface area contributed by atoms with E-state index in [1.54, 1.807) is 34.1 Å². The average Bonchev–Trinajstić information content (AvgIpc) is 2.90. The van der Waals surface area contributed by atoms with Crippen molar-refractivity contribution in [2.75, 3.05) is 21.3 Å². The molecule has 202 valence electrons. The van der Waals surface area contributed by atoms with Crippen molar-refractivity contribution in [3.05, 3.63) is 59.7 Å². The van der Waals surface area contributed by atoms with Gasteiger partial charge in [-0.05, 0) is 37.8 Å². The molecule has 1 aromatic rings. The molecule has 1 heterocycles. The number of carbonyl (C=O) groups is 1. The molecular formula is C29H44O7. The summed E-state index contributed by atoms with van der Waals surface area (Å²) in [5.74, 6) is -1.23. The van der Waals surface area contributed by atoms with Gasteiger partial charge in [0.25, 0.3) is 0 Å². The number of esters is 1. The molecule has 0 saturated heterocycles. The summed E-state index contributed by atoms with van der Waals surface area (Å²) in [5, 5.41) is 21.9. The van der Waals surface area contributed by atoms with Gasteiger partial charge in [-0.3, -0.25) is 0 Å². The molecule has 1 aliphatic rings. The number of aliphatic hydroxyl groups is 2. The number of hydrogen-bond acceptors (Lipinski definition) is 7. The van der Waals surface area contributed by atoms with Crippen LogP contribution in [0.5, 0.6) is 0 Å². The van der Waals surface area contributed by atoms with Crippen molar-refractivity contribution >= 4 is 5.97 Å². The highest BCUT2D eigenvalue weighted by Gasteiger charge is 2.32. The second-order valence-corrected chi connectivity index (χ2v) is 9.70. The van der Waals surface area contributed by atoms with E-state index in [2.05, 4.69) is 0 Å². The van der Waals surface area contributed by atoms with Crippen LogP contribution >= 0.6 is 0 Å². The summed E-state index contributed by atoms with van der Waals surface area (Å²) in [5.41, 5.74) is 1.28. The Hall–Kier alpha value is -2.03. The first-order valence-corrected chi connectivity index (χ1v) is 12.8. The standard InChI is InChI=1S/C29H44O7/c1-19-16-17-25(34-5)24(33-4)15-11-10-14-23(22-12-8-7-9-13-22)36-29(32)20(2)18-26(35-6)28(31)21(3)27(19)30/h7-9,12-13,16-19,21,23-28,30-31H,10-11,14-15H2,1-6H3/b17-16?,20-18+/t19-,21+,23-,24?,25-,26-,27-,28-/m0/s1. The third-order valence-electron chi connectivity index (χ3n) is 7.13. The van der Waals surface area contributed by atoms with Crippen LogP contribution in [0.2, 0.25) is 0 Å². The molecule has 0 spiro atoms. The van der Waals surface area contributed by atoms with Crippen LogP contribution in [0.4, 0.5) is 0 Å². The molecule has 8 atom stereocenters. The Morgan fingerprint density at radius 1 is 0.861 bits per heavy atom. The number of rotatable bonds is 4. The Labute approximate surface area is 216 Å². The highest BCUT2D eigenvalue weighted by atomic mass is 16.5. The van der Waals surface area contributed by atoms with Gasteiger partial charge in [-0.25, -0.2) is 4.79 Å². The molecule has 0 fully saturated rings. The molecule has 1 unspecified atom stereocenters. The first-order valence-electron chi connectivity index (χ1n) is 12.8. The SMILES string of the molecule is COC1CCCC[C@@H](c2ccccc2)OC(=O)/C(C)=C/[C@H](OC)[C@@H](O)[C@H](C)[C@@H](O)[C@@H](C)C=C[C@@H]1OC. The summed E-state index contributed by atoms with van der Waals surface area (Å²) >= 11 is 0. The van der Waals surface area contributed by atoms with Gasteiger partial charge in [-0.15, -0.1) is 0 Å². The second-order valence-electron chi connectivity index (χ2n) is 9.70. The van der Waals surface area contributed by atoms with E-state index in [1.807, 2.05) is 49.4 Å². The van der Waals surface area contributed by atoms with E-state index in [9.17, 15) is 15.0 Å². The molecule has 1 aromatic carbocycles. The summed E-state index contributed by atoms with van der Waals surface area (Å²) in [7, 11) is 4.78. The molecule has 1 aliphatic heterocycles. The number of ether oxygens (including phenoxy) is 4. The van der Waals surface area contributed by atoms with Crippen LogP contribution in [-0.2, 0) is 23.7 Å². The first kappa shape index (κ1) is 30.2. The topological polar surface area (TPSA) is 94.5 Å². The van der Waals surface area contributed by atoms with Crippen molar-refractivity contribution < 1.29 is 34.0 Å². The van der Waals surface area contributed by atoms with Gasteiger partial charge in [0.1, 0.15) is 18.3 Å². The predicted octanol–water partition coefficient (Wildman–Crippen LogP) is 4.39. The summed E-state index contributed by atoms with van der Waals surface area (Å²) in [6.45, 7) is 5.31. The average molecular weight is 505 g/mol. The van der Waals surface area contributed by atoms with Crippen molar-refractivity contribution in [2.45, 2.75) is 83.1 Å². The molecule has 0 bridgehead atoms. The van der Waals surface area contributed by atoms with E-state index in [0.29, 0.717) is 12.0 Å². The quantitative estimate of drug-likeness (QED) is 0.464. The molecule has 36 heavy (non-hydrogen) atoms. The van der Waals surface area contributed by atoms with Gasteiger partial charge in [0.2, 0.25) is 0 Å². The molecule has 2 rings (SSSR count). The van der Waals surface area contributed by atoms with Crippen LogP contribution in [0.1, 0.15) is 58.1 Å². The number of aliphatic hydroxyl groups excluding tert-OH is 2. The maximum atomic E-state index is 13.0. The monoisotopic (exact) mass is 504 g/mol. The normalized spacial score (nSPS) is 35.2. The van der Waals surface area contributed by atoms with E-state index in [-0.39, 0.29) is 18.1 Å². The van der Waals surface area contributed by atoms with E-state index in [0.717, 1.165) is 24.8 Å². The molecule has 0 saturated carbocycles. The maximum Gasteiger partial charge on any atom is 0.334 e. The van der Waals surface area contributed by atoms with Crippen LogP contribution < -0.4 is 0 Å². The molecule has 0 aliphatic carbocycles. The minimum atomic E-state index is -1.03. The maximum absolute atomic E-state index is 13.0. The van der Waals surface area contributed by atoms with Crippen molar-refractivity contribution in [2.24, 2.45) is 11.8 Å². The first-order chi connectivity index (χ1) is 17.2. The van der Waals surface area contributed by atoms with Crippen LogP contribution in [0, 0.1) is 11.8 Å². The van der Waals surface area contributed by atoms with Crippen LogP contribution in [0.3, 0.4) is 0 Å². The Morgan fingerprint density at radius 2 is 1.50 bits per heavy atom. The predicted molar refractivity (Wildman–Crippen MR) is 139 cm³/mol. The fourth-order valence-electron chi connectivity index (χ4n) is 4.63. The van der Waals surface area contributed by atoms with E-state index in [1.165, 1.54) is 7.11 Å². The Bertz CT molecular complexity index is 837.